The van der Waals surface area contributed by atoms with Crippen LogP contribution in [0, 0.1) is 0 Å². The highest BCUT2D eigenvalue weighted by molar-refractivity contribution is 5.64. The first-order chi connectivity index (χ1) is 7.50. The molecule has 0 saturated heterocycles. The number of nitrogens with zero attached hydrogens (tertiary/aromatic N) is 1. The van der Waals surface area contributed by atoms with Crippen molar-refractivity contribution in [1.82, 2.24) is 4.90 Å². The minimum atomic E-state index is -0.900. The summed E-state index contributed by atoms with van der Waals surface area (Å²) >= 11 is 0. The molecule has 16 heavy (non-hydrogen) atoms. The lowest BCUT2D eigenvalue weighted by atomic mass is 10.0. The maximum Gasteiger partial charge on any atom is 0.407 e. The molecule has 0 aliphatic heterocycles. The van der Waals surface area contributed by atoms with Gasteiger partial charge >= 0.3 is 6.09 Å². The van der Waals surface area contributed by atoms with Crippen LogP contribution in [0.15, 0.2) is 24.3 Å². The standard InChI is InChI=1S/C12H18N2O2/c1-9(13)11-5-3-4-10(8-11)6-7-14(2)12(15)16/h3-5,8-9H,6-7,13H2,1-2H3,(H,15,16)/t9-/m1/s1. The van der Waals surface area contributed by atoms with Crippen LogP contribution in [0.2, 0.25) is 0 Å². The first kappa shape index (κ1) is 12.5. The first-order valence-electron chi connectivity index (χ1n) is 5.29. The number of nitrogens with two attached hydrogens (primary N) is 1. The molecule has 0 bridgehead atoms. The second kappa shape index (κ2) is 5.51. The third-order valence-electron chi connectivity index (χ3n) is 2.54. The van der Waals surface area contributed by atoms with Gasteiger partial charge in [0, 0.05) is 19.6 Å². The fourth-order valence-corrected chi connectivity index (χ4v) is 1.42. The predicted octanol–water partition coefficient (Wildman–Crippen LogP) is 1.86. The molecule has 0 unspecified atom stereocenters. The van der Waals surface area contributed by atoms with E-state index in [4.69, 9.17) is 10.8 Å². The zero-order chi connectivity index (χ0) is 12.1. The Morgan fingerprint density at radius 1 is 1.56 bits per heavy atom. The van der Waals surface area contributed by atoms with Gasteiger partial charge in [0.25, 0.3) is 0 Å². The number of benzene rings is 1. The van der Waals surface area contributed by atoms with Crippen LogP contribution in [0.5, 0.6) is 0 Å². The minimum Gasteiger partial charge on any atom is -0.465 e. The predicted molar refractivity (Wildman–Crippen MR) is 63.4 cm³/mol. The monoisotopic (exact) mass is 222 g/mol. The summed E-state index contributed by atoms with van der Waals surface area (Å²) < 4.78 is 0. The van der Waals surface area contributed by atoms with Crippen LogP contribution in [0.25, 0.3) is 0 Å². The molecule has 0 spiro atoms. The Morgan fingerprint density at radius 2 is 2.25 bits per heavy atom. The molecule has 0 fully saturated rings. The van der Waals surface area contributed by atoms with E-state index < -0.39 is 6.09 Å². The number of rotatable bonds is 4. The zero-order valence-electron chi connectivity index (χ0n) is 9.68. The second-order valence-corrected chi connectivity index (χ2v) is 3.99. The summed E-state index contributed by atoms with van der Waals surface area (Å²) in [5, 5.41) is 8.71. The van der Waals surface area contributed by atoms with Crippen LogP contribution in [-0.4, -0.2) is 29.7 Å². The van der Waals surface area contributed by atoms with Crippen molar-refractivity contribution in [1.29, 1.82) is 0 Å². The van der Waals surface area contributed by atoms with Gasteiger partial charge in [-0.15, -0.1) is 0 Å². The lowest BCUT2D eigenvalue weighted by molar-refractivity contribution is 0.156. The molecule has 0 radical (unpaired) electrons. The van der Waals surface area contributed by atoms with E-state index in [0.29, 0.717) is 13.0 Å². The molecule has 3 N–H and O–H groups in total. The highest BCUT2D eigenvalue weighted by atomic mass is 16.4. The molecule has 1 amide bonds. The Bertz CT molecular complexity index is 364. The number of likely N-dealkylation sites (N-methyl/N-ethyl adjacent to an activating group) is 1. The van der Waals surface area contributed by atoms with E-state index in [-0.39, 0.29) is 6.04 Å². The lowest BCUT2D eigenvalue weighted by Gasteiger charge is -2.13. The van der Waals surface area contributed by atoms with Crippen LogP contribution < -0.4 is 5.73 Å². The molecule has 4 nitrogen and oxygen atoms in total. The molecule has 1 atom stereocenters. The number of carboxylic acid groups (broad SMARTS) is 1. The van der Waals surface area contributed by atoms with Crippen molar-refractivity contribution in [3.05, 3.63) is 35.4 Å². The SMILES string of the molecule is C[C@@H](N)c1cccc(CCN(C)C(=O)O)c1. The van der Waals surface area contributed by atoms with Gasteiger partial charge in [0.1, 0.15) is 0 Å². The van der Waals surface area contributed by atoms with Crippen molar-refractivity contribution >= 4 is 6.09 Å². The summed E-state index contributed by atoms with van der Waals surface area (Å²) in [5.41, 5.74) is 7.98. The van der Waals surface area contributed by atoms with E-state index in [2.05, 4.69) is 0 Å². The van der Waals surface area contributed by atoms with Crippen LogP contribution in [0.3, 0.4) is 0 Å². The van der Waals surface area contributed by atoms with E-state index in [1.54, 1.807) is 7.05 Å². The molecule has 4 heteroatoms. The number of hydrogen-bond donors (Lipinski definition) is 2. The highest BCUT2D eigenvalue weighted by Gasteiger charge is 2.06. The summed E-state index contributed by atoms with van der Waals surface area (Å²) in [6.07, 6.45) is -0.188. The normalized spacial score (nSPS) is 12.2. The van der Waals surface area contributed by atoms with Crippen LogP contribution >= 0.6 is 0 Å². The van der Waals surface area contributed by atoms with E-state index in [1.165, 1.54) is 4.90 Å². The van der Waals surface area contributed by atoms with E-state index in [9.17, 15) is 4.79 Å². The van der Waals surface area contributed by atoms with Crippen molar-refractivity contribution in [2.45, 2.75) is 19.4 Å². The van der Waals surface area contributed by atoms with Crippen molar-refractivity contribution in [3.63, 3.8) is 0 Å². The van der Waals surface area contributed by atoms with Crippen molar-refractivity contribution < 1.29 is 9.90 Å². The van der Waals surface area contributed by atoms with Crippen molar-refractivity contribution in [3.8, 4) is 0 Å². The Kier molecular flexibility index (Phi) is 4.31. The Hall–Kier alpha value is -1.55. The average Bonchev–Trinajstić information content (AvgIpc) is 2.26. The maximum absolute atomic E-state index is 10.6. The second-order valence-electron chi connectivity index (χ2n) is 3.99. The fourth-order valence-electron chi connectivity index (χ4n) is 1.42. The lowest BCUT2D eigenvalue weighted by Crippen LogP contribution is -2.26. The summed E-state index contributed by atoms with van der Waals surface area (Å²) in [4.78, 5) is 11.9. The average molecular weight is 222 g/mol. The van der Waals surface area contributed by atoms with Gasteiger partial charge in [-0.1, -0.05) is 24.3 Å². The van der Waals surface area contributed by atoms with E-state index in [1.807, 2.05) is 31.2 Å². The van der Waals surface area contributed by atoms with Gasteiger partial charge in [-0.2, -0.15) is 0 Å². The van der Waals surface area contributed by atoms with E-state index >= 15 is 0 Å². The zero-order valence-corrected chi connectivity index (χ0v) is 9.68. The van der Waals surface area contributed by atoms with Gasteiger partial charge in [-0.05, 0) is 24.5 Å². The van der Waals surface area contributed by atoms with Gasteiger partial charge in [-0.25, -0.2) is 4.79 Å². The molecule has 0 aromatic heterocycles. The van der Waals surface area contributed by atoms with Crippen LogP contribution in [0.1, 0.15) is 24.1 Å². The topological polar surface area (TPSA) is 66.6 Å². The molecule has 1 aromatic carbocycles. The number of carbonyl (C=O) groups is 1. The minimum absolute atomic E-state index is 0.0113. The summed E-state index contributed by atoms with van der Waals surface area (Å²) in [5.74, 6) is 0. The first-order valence-corrected chi connectivity index (χ1v) is 5.29. The van der Waals surface area contributed by atoms with Gasteiger partial charge < -0.3 is 15.7 Å². The maximum atomic E-state index is 10.6. The number of amides is 1. The van der Waals surface area contributed by atoms with Crippen LogP contribution in [-0.2, 0) is 6.42 Å². The molecule has 0 aliphatic carbocycles. The van der Waals surface area contributed by atoms with E-state index in [0.717, 1.165) is 11.1 Å². The molecule has 0 heterocycles. The summed E-state index contributed by atoms with van der Waals surface area (Å²) in [6.45, 7) is 2.43. The summed E-state index contributed by atoms with van der Waals surface area (Å²) in [7, 11) is 1.57. The summed E-state index contributed by atoms with van der Waals surface area (Å²) in [6, 6.07) is 7.96. The molecular weight excluding hydrogens is 204 g/mol. The van der Waals surface area contributed by atoms with Gasteiger partial charge in [-0.3, -0.25) is 0 Å². The third kappa shape index (κ3) is 3.55. The Balaban J connectivity index is 2.60. The quantitative estimate of drug-likeness (QED) is 0.817. The van der Waals surface area contributed by atoms with Gasteiger partial charge in [0.15, 0.2) is 0 Å². The number of hydrogen-bond acceptors (Lipinski definition) is 2. The Morgan fingerprint density at radius 3 is 2.81 bits per heavy atom. The van der Waals surface area contributed by atoms with Gasteiger partial charge in [0.05, 0.1) is 0 Å². The molecular formula is C12H18N2O2. The third-order valence-corrected chi connectivity index (χ3v) is 2.54. The van der Waals surface area contributed by atoms with Crippen LogP contribution in [0.4, 0.5) is 4.79 Å². The molecule has 1 aromatic rings. The fraction of sp³-hybridized carbons (Fsp3) is 0.417. The smallest absolute Gasteiger partial charge is 0.407 e. The molecule has 0 saturated carbocycles. The van der Waals surface area contributed by atoms with Crippen molar-refractivity contribution in [2.24, 2.45) is 5.73 Å². The molecule has 88 valence electrons. The van der Waals surface area contributed by atoms with Crippen molar-refractivity contribution in [2.75, 3.05) is 13.6 Å². The van der Waals surface area contributed by atoms with Gasteiger partial charge in [0.2, 0.25) is 0 Å². The largest absolute Gasteiger partial charge is 0.465 e. The molecule has 0 aliphatic rings. The molecule has 1 rings (SSSR count). The Labute approximate surface area is 95.7 Å². The highest BCUT2D eigenvalue weighted by Crippen LogP contribution is 2.12.